The largest absolute Gasteiger partial charge is 0.480 e. The van der Waals surface area contributed by atoms with E-state index in [2.05, 4.69) is 10.6 Å². The highest BCUT2D eigenvalue weighted by molar-refractivity contribution is 5.72. The minimum absolute atomic E-state index is 0.373. The Bertz CT molecular complexity index is 155. The van der Waals surface area contributed by atoms with Crippen LogP contribution in [0.3, 0.4) is 0 Å². The Kier molecular flexibility index (Phi) is 3.49. The Hall–Kier alpha value is -0.610. The average molecular weight is 172 g/mol. The number of rotatable bonds is 3. The summed E-state index contributed by atoms with van der Waals surface area (Å²) in [4.78, 5) is 10.5. The number of carboxylic acids is 1. The molecule has 4 heteroatoms. The zero-order chi connectivity index (χ0) is 8.97. The van der Waals surface area contributed by atoms with Gasteiger partial charge >= 0.3 is 5.97 Å². The van der Waals surface area contributed by atoms with Gasteiger partial charge in [-0.2, -0.15) is 0 Å². The lowest BCUT2D eigenvalue weighted by atomic mass is 10.1. The molecule has 4 nitrogen and oxygen atoms in total. The topological polar surface area (TPSA) is 61.4 Å². The van der Waals surface area contributed by atoms with Crippen LogP contribution in [0.15, 0.2) is 0 Å². The fourth-order valence-electron chi connectivity index (χ4n) is 1.41. The molecule has 1 aliphatic heterocycles. The molecule has 1 atom stereocenters. The van der Waals surface area contributed by atoms with Crippen molar-refractivity contribution in [3.8, 4) is 0 Å². The predicted molar refractivity (Wildman–Crippen MR) is 46.1 cm³/mol. The molecule has 0 aromatic rings. The molecule has 0 amide bonds. The van der Waals surface area contributed by atoms with Gasteiger partial charge in [-0.3, -0.25) is 4.79 Å². The van der Waals surface area contributed by atoms with Crippen LogP contribution < -0.4 is 10.6 Å². The summed E-state index contributed by atoms with van der Waals surface area (Å²) in [5, 5.41) is 14.9. The van der Waals surface area contributed by atoms with E-state index in [1.165, 1.54) is 0 Å². The van der Waals surface area contributed by atoms with E-state index in [1.54, 1.807) is 6.92 Å². The summed E-state index contributed by atoms with van der Waals surface area (Å²) in [5.74, 6) is -0.770. The van der Waals surface area contributed by atoms with Gasteiger partial charge in [0.1, 0.15) is 6.04 Å². The van der Waals surface area contributed by atoms with Gasteiger partial charge in [0.15, 0.2) is 0 Å². The molecule has 1 heterocycles. The van der Waals surface area contributed by atoms with Crippen molar-refractivity contribution >= 4 is 5.97 Å². The number of piperidine rings is 1. The highest BCUT2D eigenvalue weighted by Crippen LogP contribution is 2.02. The Morgan fingerprint density at radius 3 is 2.67 bits per heavy atom. The lowest BCUT2D eigenvalue weighted by molar-refractivity contribution is -0.139. The van der Waals surface area contributed by atoms with Crippen molar-refractivity contribution < 1.29 is 9.90 Å². The number of nitrogens with one attached hydrogen (secondary N) is 2. The van der Waals surface area contributed by atoms with Crippen LogP contribution in [-0.2, 0) is 4.79 Å². The summed E-state index contributed by atoms with van der Waals surface area (Å²) in [6.07, 6.45) is 2.05. The van der Waals surface area contributed by atoms with Crippen LogP contribution in [0.2, 0.25) is 0 Å². The van der Waals surface area contributed by atoms with Gasteiger partial charge in [-0.25, -0.2) is 0 Å². The van der Waals surface area contributed by atoms with E-state index in [9.17, 15) is 4.79 Å². The number of aliphatic carboxylic acids is 1. The first-order chi connectivity index (χ1) is 5.70. The second-order valence-electron chi connectivity index (χ2n) is 3.25. The maximum absolute atomic E-state index is 10.5. The predicted octanol–water partition coefficient (Wildman–Crippen LogP) is -0.199. The molecule has 0 unspecified atom stereocenters. The molecule has 1 aliphatic rings. The van der Waals surface area contributed by atoms with Crippen LogP contribution in [-0.4, -0.2) is 36.2 Å². The highest BCUT2D eigenvalue weighted by Gasteiger charge is 2.18. The highest BCUT2D eigenvalue weighted by atomic mass is 16.4. The van der Waals surface area contributed by atoms with E-state index < -0.39 is 12.0 Å². The summed E-state index contributed by atoms with van der Waals surface area (Å²) in [7, 11) is 0. The first-order valence-electron chi connectivity index (χ1n) is 4.39. The van der Waals surface area contributed by atoms with Gasteiger partial charge in [0.25, 0.3) is 0 Å². The second-order valence-corrected chi connectivity index (χ2v) is 3.25. The molecular formula is C8H16N2O2. The molecule has 3 N–H and O–H groups in total. The van der Waals surface area contributed by atoms with Crippen molar-refractivity contribution in [1.29, 1.82) is 0 Å². The van der Waals surface area contributed by atoms with Crippen molar-refractivity contribution in [2.75, 3.05) is 13.1 Å². The number of hydrogen-bond acceptors (Lipinski definition) is 3. The molecule has 0 radical (unpaired) electrons. The minimum atomic E-state index is -0.770. The average Bonchev–Trinajstić information content (AvgIpc) is 2.06. The molecule has 1 saturated heterocycles. The third-order valence-electron chi connectivity index (χ3n) is 2.20. The van der Waals surface area contributed by atoms with Crippen LogP contribution in [0.5, 0.6) is 0 Å². The molecule has 0 aliphatic carbocycles. The Morgan fingerprint density at radius 2 is 2.17 bits per heavy atom. The van der Waals surface area contributed by atoms with Crippen LogP contribution in [0.4, 0.5) is 0 Å². The first-order valence-corrected chi connectivity index (χ1v) is 4.39. The summed E-state index contributed by atoms with van der Waals surface area (Å²) in [6, 6.07) is -0.0505. The van der Waals surface area contributed by atoms with E-state index >= 15 is 0 Å². The van der Waals surface area contributed by atoms with Gasteiger partial charge in [0.05, 0.1) is 0 Å². The quantitative estimate of drug-likeness (QED) is 0.552. The molecule has 0 saturated carbocycles. The van der Waals surface area contributed by atoms with Crippen LogP contribution in [0.25, 0.3) is 0 Å². The minimum Gasteiger partial charge on any atom is -0.480 e. The van der Waals surface area contributed by atoms with Gasteiger partial charge in [0, 0.05) is 6.04 Å². The monoisotopic (exact) mass is 172 g/mol. The number of carboxylic acid groups (broad SMARTS) is 1. The Labute approximate surface area is 72.3 Å². The van der Waals surface area contributed by atoms with Gasteiger partial charge in [-0.15, -0.1) is 0 Å². The van der Waals surface area contributed by atoms with Gasteiger partial charge in [0.2, 0.25) is 0 Å². The van der Waals surface area contributed by atoms with Crippen LogP contribution in [0.1, 0.15) is 19.8 Å². The van der Waals surface area contributed by atoms with Gasteiger partial charge in [-0.05, 0) is 32.9 Å². The zero-order valence-electron chi connectivity index (χ0n) is 7.34. The molecule has 1 fully saturated rings. The summed E-state index contributed by atoms with van der Waals surface area (Å²) in [6.45, 7) is 3.67. The molecule has 12 heavy (non-hydrogen) atoms. The first kappa shape index (κ1) is 9.48. The molecule has 0 bridgehead atoms. The summed E-state index contributed by atoms with van der Waals surface area (Å²) in [5.41, 5.74) is 0. The third-order valence-corrected chi connectivity index (χ3v) is 2.20. The maximum atomic E-state index is 10.5. The maximum Gasteiger partial charge on any atom is 0.320 e. The SMILES string of the molecule is C[C@@H](NC1CCNCC1)C(=O)O. The van der Waals surface area contributed by atoms with Gasteiger partial charge in [-0.1, -0.05) is 0 Å². The fraction of sp³-hybridized carbons (Fsp3) is 0.875. The van der Waals surface area contributed by atoms with E-state index in [4.69, 9.17) is 5.11 Å². The van der Waals surface area contributed by atoms with Crippen molar-refractivity contribution in [2.45, 2.75) is 31.8 Å². The van der Waals surface area contributed by atoms with Crippen molar-refractivity contribution in [1.82, 2.24) is 10.6 Å². The lowest BCUT2D eigenvalue weighted by Crippen LogP contribution is -2.46. The van der Waals surface area contributed by atoms with Gasteiger partial charge < -0.3 is 15.7 Å². The van der Waals surface area contributed by atoms with E-state index in [-0.39, 0.29) is 0 Å². The van der Waals surface area contributed by atoms with E-state index in [0.29, 0.717) is 6.04 Å². The molecule has 70 valence electrons. The normalized spacial score (nSPS) is 22.1. The number of carbonyl (C=O) groups is 1. The van der Waals surface area contributed by atoms with Crippen LogP contribution >= 0.6 is 0 Å². The van der Waals surface area contributed by atoms with Crippen molar-refractivity contribution in [3.05, 3.63) is 0 Å². The summed E-state index contributed by atoms with van der Waals surface area (Å²) >= 11 is 0. The standard InChI is InChI=1S/C8H16N2O2/c1-6(8(11)12)10-7-2-4-9-5-3-7/h6-7,9-10H,2-5H2,1H3,(H,11,12)/t6-/m1/s1. The molecule has 0 aromatic carbocycles. The molecular weight excluding hydrogens is 156 g/mol. The van der Waals surface area contributed by atoms with Crippen molar-refractivity contribution in [3.63, 3.8) is 0 Å². The van der Waals surface area contributed by atoms with E-state index in [0.717, 1.165) is 25.9 Å². The molecule has 1 rings (SSSR count). The fourth-order valence-corrected chi connectivity index (χ4v) is 1.41. The second kappa shape index (κ2) is 4.42. The van der Waals surface area contributed by atoms with Crippen LogP contribution in [0, 0.1) is 0 Å². The van der Waals surface area contributed by atoms with Crippen molar-refractivity contribution in [2.24, 2.45) is 0 Å². The Morgan fingerprint density at radius 1 is 1.58 bits per heavy atom. The zero-order valence-corrected chi connectivity index (χ0v) is 7.34. The smallest absolute Gasteiger partial charge is 0.320 e. The summed E-state index contributed by atoms with van der Waals surface area (Å²) < 4.78 is 0. The molecule has 0 aromatic heterocycles. The van der Waals surface area contributed by atoms with E-state index in [1.807, 2.05) is 0 Å². The number of hydrogen-bond donors (Lipinski definition) is 3. The third kappa shape index (κ3) is 2.79. The molecule has 0 spiro atoms. The Balaban J connectivity index is 2.24. The lowest BCUT2D eigenvalue weighted by Gasteiger charge is -2.25.